The number of nitrogens with zero attached hydrogens (tertiary/aromatic N) is 2. The number of hydrogen-bond donors (Lipinski definition) is 3. The first-order chi connectivity index (χ1) is 9.06. The molecular weight excluding hydrogens is 246 g/mol. The molecule has 1 aliphatic heterocycles. The summed E-state index contributed by atoms with van der Waals surface area (Å²) in [6, 6.07) is 1.52. The van der Waals surface area contributed by atoms with Gasteiger partial charge in [-0.05, 0) is 13.1 Å². The second-order valence-electron chi connectivity index (χ2n) is 4.67. The second-order valence-corrected chi connectivity index (χ2v) is 4.67. The van der Waals surface area contributed by atoms with E-state index in [1.54, 1.807) is 0 Å². The predicted octanol–water partition coefficient (Wildman–Crippen LogP) is -0.495. The van der Waals surface area contributed by atoms with E-state index in [-0.39, 0.29) is 6.10 Å². The van der Waals surface area contributed by atoms with Gasteiger partial charge in [0.2, 0.25) is 0 Å². The van der Waals surface area contributed by atoms with Gasteiger partial charge in [-0.15, -0.1) is 0 Å². The minimum atomic E-state index is -0.552. The van der Waals surface area contributed by atoms with Crippen molar-refractivity contribution >= 4 is 17.4 Å². The van der Waals surface area contributed by atoms with Crippen molar-refractivity contribution in [2.24, 2.45) is 5.73 Å². The summed E-state index contributed by atoms with van der Waals surface area (Å²) in [4.78, 5) is 17.6. The Hall–Kier alpha value is -1.86. The largest absolute Gasteiger partial charge is 0.397 e. The molecule has 1 fully saturated rings. The van der Waals surface area contributed by atoms with Gasteiger partial charge in [0.05, 0.1) is 30.2 Å². The van der Waals surface area contributed by atoms with Gasteiger partial charge in [0.25, 0.3) is 5.91 Å². The van der Waals surface area contributed by atoms with Crippen molar-refractivity contribution in [2.45, 2.75) is 6.10 Å². The first-order valence-electron chi connectivity index (χ1n) is 6.15. The third-order valence-electron chi connectivity index (χ3n) is 3.01. The van der Waals surface area contributed by atoms with Crippen LogP contribution < -0.4 is 16.8 Å². The smallest absolute Gasteiger partial charge is 0.252 e. The summed E-state index contributed by atoms with van der Waals surface area (Å²) in [6.07, 6.45) is 1.56. The van der Waals surface area contributed by atoms with Crippen LogP contribution in [0.1, 0.15) is 10.4 Å². The highest BCUT2D eigenvalue weighted by Gasteiger charge is 2.18. The molecule has 1 saturated heterocycles. The first kappa shape index (κ1) is 13.6. The Labute approximate surface area is 111 Å². The third-order valence-corrected chi connectivity index (χ3v) is 3.01. The number of morpholine rings is 1. The molecule has 7 heteroatoms. The maximum atomic E-state index is 11.3. The zero-order valence-corrected chi connectivity index (χ0v) is 10.9. The van der Waals surface area contributed by atoms with Crippen molar-refractivity contribution < 1.29 is 9.53 Å². The number of primary amides is 1. The molecule has 7 nitrogen and oxygen atoms in total. The Balaban J connectivity index is 2.01. The fourth-order valence-corrected chi connectivity index (χ4v) is 2.01. The maximum Gasteiger partial charge on any atom is 0.252 e. The molecule has 1 aromatic heterocycles. The van der Waals surface area contributed by atoms with Crippen molar-refractivity contribution in [3.05, 3.63) is 17.8 Å². The number of nitrogens with one attached hydrogen (secondary N) is 1. The quantitative estimate of drug-likeness (QED) is 0.678. The van der Waals surface area contributed by atoms with Crippen LogP contribution in [0, 0.1) is 0 Å². The molecule has 0 saturated carbocycles. The van der Waals surface area contributed by atoms with Crippen LogP contribution in [0.3, 0.4) is 0 Å². The second kappa shape index (κ2) is 5.85. The molecule has 0 spiro atoms. The maximum absolute atomic E-state index is 11.3. The molecule has 1 aliphatic rings. The average Bonchev–Trinajstić information content (AvgIpc) is 2.37. The van der Waals surface area contributed by atoms with E-state index in [9.17, 15) is 4.79 Å². The lowest BCUT2D eigenvalue weighted by Gasteiger charge is -2.30. The van der Waals surface area contributed by atoms with Crippen LogP contribution in [0.15, 0.2) is 12.3 Å². The van der Waals surface area contributed by atoms with Gasteiger partial charge in [-0.1, -0.05) is 0 Å². The van der Waals surface area contributed by atoms with E-state index in [0.29, 0.717) is 30.2 Å². The number of nitrogen functional groups attached to an aromatic ring is 1. The highest BCUT2D eigenvalue weighted by Crippen LogP contribution is 2.15. The average molecular weight is 265 g/mol. The van der Waals surface area contributed by atoms with Gasteiger partial charge in [-0.25, -0.2) is 4.98 Å². The molecule has 19 heavy (non-hydrogen) atoms. The summed E-state index contributed by atoms with van der Waals surface area (Å²) in [5.41, 5.74) is 11.6. The normalized spacial score (nSPS) is 20.2. The van der Waals surface area contributed by atoms with Gasteiger partial charge < -0.3 is 26.4 Å². The third kappa shape index (κ3) is 3.55. The van der Waals surface area contributed by atoms with Crippen LogP contribution in [-0.4, -0.2) is 55.2 Å². The number of nitrogens with two attached hydrogens (primary N) is 2. The fraction of sp³-hybridized carbons (Fsp3) is 0.500. The number of rotatable bonds is 4. The molecule has 1 atom stereocenters. The van der Waals surface area contributed by atoms with Crippen LogP contribution >= 0.6 is 0 Å². The minimum Gasteiger partial charge on any atom is -0.397 e. The van der Waals surface area contributed by atoms with E-state index < -0.39 is 5.91 Å². The number of anilines is 2. The van der Waals surface area contributed by atoms with Gasteiger partial charge >= 0.3 is 0 Å². The number of hydrogen-bond acceptors (Lipinski definition) is 6. The lowest BCUT2D eigenvalue weighted by atomic mass is 10.2. The van der Waals surface area contributed by atoms with Gasteiger partial charge in [-0.2, -0.15) is 0 Å². The number of carbonyl (C=O) groups excluding carboxylic acids is 1. The monoisotopic (exact) mass is 265 g/mol. The zero-order chi connectivity index (χ0) is 13.8. The van der Waals surface area contributed by atoms with Crippen molar-refractivity contribution in [3.63, 3.8) is 0 Å². The van der Waals surface area contributed by atoms with Crippen molar-refractivity contribution in [2.75, 3.05) is 44.3 Å². The molecule has 0 aromatic carbocycles. The van der Waals surface area contributed by atoms with Crippen LogP contribution in [0.25, 0.3) is 0 Å². The minimum absolute atomic E-state index is 0.0684. The number of ether oxygens (including phenoxy) is 1. The SMILES string of the molecule is CN1CCOC(CNc2ncc(N)cc2C(N)=O)C1. The Morgan fingerprint density at radius 3 is 3.16 bits per heavy atom. The molecular formula is C12H19N5O2. The number of likely N-dealkylation sites (N-methyl/N-ethyl adjacent to an activating group) is 1. The standard InChI is InChI=1S/C12H19N5O2/c1-17-2-3-19-9(7-17)6-16-12-10(11(14)18)4-8(13)5-15-12/h4-5,9H,2-3,6-7,13H2,1H3,(H2,14,18)(H,15,16). The summed E-state index contributed by atoms with van der Waals surface area (Å²) in [6.45, 7) is 3.05. The summed E-state index contributed by atoms with van der Waals surface area (Å²) in [5, 5.41) is 3.09. The lowest BCUT2D eigenvalue weighted by Crippen LogP contribution is -2.43. The number of aromatic nitrogens is 1. The molecule has 1 aromatic rings. The van der Waals surface area contributed by atoms with Crippen molar-refractivity contribution in [1.29, 1.82) is 0 Å². The van der Waals surface area contributed by atoms with E-state index in [1.807, 2.05) is 7.05 Å². The van der Waals surface area contributed by atoms with E-state index >= 15 is 0 Å². The van der Waals surface area contributed by atoms with E-state index in [1.165, 1.54) is 12.3 Å². The molecule has 0 radical (unpaired) electrons. The van der Waals surface area contributed by atoms with Crippen LogP contribution in [-0.2, 0) is 4.74 Å². The van der Waals surface area contributed by atoms with Crippen molar-refractivity contribution in [1.82, 2.24) is 9.88 Å². The molecule has 1 unspecified atom stereocenters. The van der Waals surface area contributed by atoms with Gasteiger partial charge in [0.15, 0.2) is 0 Å². The highest BCUT2D eigenvalue weighted by molar-refractivity contribution is 5.98. The summed E-state index contributed by atoms with van der Waals surface area (Å²) >= 11 is 0. The molecule has 104 valence electrons. The van der Waals surface area contributed by atoms with E-state index in [4.69, 9.17) is 16.2 Å². The number of amides is 1. The van der Waals surface area contributed by atoms with Gasteiger partial charge in [-0.3, -0.25) is 4.79 Å². The van der Waals surface area contributed by atoms with E-state index in [2.05, 4.69) is 15.2 Å². The van der Waals surface area contributed by atoms with Crippen LogP contribution in [0.4, 0.5) is 11.5 Å². The zero-order valence-electron chi connectivity index (χ0n) is 10.9. The fourth-order valence-electron chi connectivity index (χ4n) is 2.01. The Kier molecular flexibility index (Phi) is 4.18. The Bertz CT molecular complexity index is 465. The van der Waals surface area contributed by atoms with Gasteiger partial charge in [0, 0.05) is 19.6 Å². The highest BCUT2D eigenvalue weighted by atomic mass is 16.5. The molecule has 0 bridgehead atoms. The topological polar surface area (TPSA) is 106 Å². The predicted molar refractivity (Wildman–Crippen MR) is 72.9 cm³/mol. The Morgan fingerprint density at radius 2 is 2.47 bits per heavy atom. The first-order valence-corrected chi connectivity index (χ1v) is 6.15. The number of carbonyl (C=O) groups is 1. The summed E-state index contributed by atoms with van der Waals surface area (Å²) in [7, 11) is 2.05. The lowest BCUT2D eigenvalue weighted by molar-refractivity contribution is -0.0117. The molecule has 1 amide bonds. The summed E-state index contributed by atoms with van der Waals surface area (Å²) < 4.78 is 5.62. The molecule has 0 aliphatic carbocycles. The van der Waals surface area contributed by atoms with Crippen LogP contribution in [0.2, 0.25) is 0 Å². The van der Waals surface area contributed by atoms with Crippen molar-refractivity contribution in [3.8, 4) is 0 Å². The molecule has 2 rings (SSSR count). The number of pyridine rings is 1. The summed E-state index contributed by atoms with van der Waals surface area (Å²) in [5.74, 6) is -0.109. The van der Waals surface area contributed by atoms with Crippen LogP contribution in [0.5, 0.6) is 0 Å². The molecule has 2 heterocycles. The Morgan fingerprint density at radius 1 is 1.68 bits per heavy atom. The molecule has 5 N–H and O–H groups in total. The van der Waals surface area contributed by atoms with E-state index in [0.717, 1.165) is 13.1 Å². The van der Waals surface area contributed by atoms with Gasteiger partial charge in [0.1, 0.15) is 5.82 Å².